The molecule has 2 amide bonds. The molecule has 1 aromatic heterocycles. The molecule has 1 heterocycles. The first-order valence-electron chi connectivity index (χ1n) is 8.60. The molecule has 0 spiro atoms. The highest BCUT2D eigenvalue weighted by Crippen LogP contribution is 2.21. The molecular weight excluding hydrogens is 420 g/mol. The molecule has 142 valence electrons. The molecule has 28 heavy (non-hydrogen) atoms. The maximum atomic E-state index is 11.9. The molecule has 0 aliphatic heterocycles. The summed E-state index contributed by atoms with van der Waals surface area (Å²) in [5.74, 6) is -1.61. The molecule has 0 saturated heterocycles. The van der Waals surface area contributed by atoms with Crippen LogP contribution in [0.2, 0.25) is 0 Å². The third-order valence-electron chi connectivity index (χ3n) is 4.16. The van der Waals surface area contributed by atoms with Gasteiger partial charge in [0.05, 0.1) is 6.21 Å². The fourth-order valence-corrected chi connectivity index (χ4v) is 3.09. The van der Waals surface area contributed by atoms with Crippen LogP contribution in [0, 0.1) is 13.8 Å². The van der Waals surface area contributed by atoms with E-state index in [-0.39, 0.29) is 0 Å². The van der Waals surface area contributed by atoms with Crippen LogP contribution in [0.5, 0.6) is 0 Å². The molecule has 7 heteroatoms. The number of carbonyl (C=O) groups excluding carboxylic acids is 2. The number of para-hydroxylation sites is 1. The Morgan fingerprint density at radius 1 is 1.00 bits per heavy atom. The Balaban J connectivity index is 1.67. The quantitative estimate of drug-likeness (QED) is 0.367. The number of hydrogen-bond acceptors (Lipinski definition) is 3. The topological polar surface area (TPSA) is 75.5 Å². The maximum Gasteiger partial charge on any atom is 0.329 e. The Hall–Kier alpha value is -3.19. The molecule has 0 aliphatic carbocycles. The van der Waals surface area contributed by atoms with Gasteiger partial charge in [-0.2, -0.15) is 5.10 Å². The zero-order valence-corrected chi connectivity index (χ0v) is 17.0. The number of halogens is 1. The van der Waals surface area contributed by atoms with Gasteiger partial charge in [0.2, 0.25) is 0 Å². The van der Waals surface area contributed by atoms with Gasteiger partial charge in [-0.15, -0.1) is 0 Å². The lowest BCUT2D eigenvalue weighted by Gasteiger charge is -2.09. The SMILES string of the molecule is Cc1cc(/C=N\NC(=O)C(=O)Nc2ccccc2)c(C)n1-c1ccc(Br)cc1. The molecule has 0 atom stereocenters. The van der Waals surface area contributed by atoms with E-state index in [2.05, 4.69) is 36.3 Å². The predicted molar refractivity (Wildman–Crippen MR) is 114 cm³/mol. The number of amides is 2. The van der Waals surface area contributed by atoms with Crippen LogP contribution in [-0.2, 0) is 9.59 Å². The molecule has 3 aromatic rings. The van der Waals surface area contributed by atoms with Gasteiger partial charge in [-0.05, 0) is 56.3 Å². The van der Waals surface area contributed by atoms with Crippen molar-refractivity contribution in [2.45, 2.75) is 13.8 Å². The van der Waals surface area contributed by atoms with Crippen LogP contribution >= 0.6 is 15.9 Å². The van der Waals surface area contributed by atoms with Gasteiger partial charge < -0.3 is 9.88 Å². The van der Waals surface area contributed by atoms with E-state index in [9.17, 15) is 9.59 Å². The van der Waals surface area contributed by atoms with Crippen LogP contribution in [0.3, 0.4) is 0 Å². The second kappa shape index (κ2) is 8.67. The normalized spacial score (nSPS) is 10.8. The average Bonchev–Trinajstić information content (AvgIpc) is 2.97. The second-order valence-electron chi connectivity index (χ2n) is 6.16. The summed E-state index contributed by atoms with van der Waals surface area (Å²) in [6.07, 6.45) is 1.53. The number of hydrazone groups is 1. The Kier molecular flexibility index (Phi) is 6.06. The fourth-order valence-electron chi connectivity index (χ4n) is 2.83. The third kappa shape index (κ3) is 4.55. The van der Waals surface area contributed by atoms with Crippen molar-refractivity contribution in [3.63, 3.8) is 0 Å². The highest BCUT2D eigenvalue weighted by Gasteiger charge is 2.13. The molecule has 0 aliphatic rings. The monoisotopic (exact) mass is 438 g/mol. The lowest BCUT2D eigenvalue weighted by molar-refractivity contribution is -0.136. The highest BCUT2D eigenvalue weighted by molar-refractivity contribution is 9.10. The number of anilines is 1. The number of hydrogen-bond donors (Lipinski definition) is 2. The van der Waals surface area contributed by atoms with Gasteiger partial charge in [0.15, 0.2) is 0 Å². The van der Waals surface area contributed by atoms with Crippen molar-refractivity contribution in [2.75, 3.05) is 5.32 Å². The van der Waals surface area contributed by atoms with Crippen LogP contribution in [0.4, 0.5) is 5.69 Å². The minimum atomic E-state index is -0.832. The van der Waals surface area contributed by atoms with E-state index < -0.39 is 11.8 Å². The highest BCUT2D eigenvalue weighted by atomic mass is 79.9. The summed E-state index contributed by atoms with van der Waals surface area (Å²) in [5.41, 5.74) is 6.70. The molecule has 0 fully saturated rings. The van der Waals surface area contributed by atoms with E-state index in [0.29, 0.717) is 5.69 Å². The number of rotatable bonds is 4. The Morgan fingerprint density at radius 3 is 2.36 bits per heavy atom. The minimum absolute atomic E-state index is 0.546. The number of aromatic nitrogens is 1. The van der Waals surface area contributed by atoms with Crippen LogP contribution in [0.25, 0.3) is 5.69 Å². The summed E-state index contributed by atoms with van der Waals surface area (Å²) in [5, 5.41) is 6.43. The van der Waals surface area contributed by atoms with Crippen molar-refractivity contribution in [3.8, 4) is 5.69 Å². The van der Waals surface area contributed by atoms with Gasteiger partial charge in [0.1, 0.15) is 0 Å². The number of aryl methyl sites for hydroxylation is 1. The minimum Gasteiger partial charge on any atom is -0.318 e. The third-order valence-corrected chi connectivity index (χ3v) is 4.69. The number of carbonyl (C=O) groups is 2. The van der Waals surface area contributed by atoms with Crippen molar-refractivity contribution in [1.82, 2.24) is 9.99 Å². The van der Waals surface area contributed by atoms with Crippen molar-refractivity contribution in [1.29, 1.82) is 0 Å². The van der Waals surface area contributed by atoms with Gasteiger partial charge in [-0.25, -0.2) is 5.43 Å². The van der Waals surface area contributed by atoms with E-state index in [1.54, 1.807) is 24.3 Å². The molecule has 0 saturated carbocycles. The summed E-state index contributed by atoms with van der Waals surface area (Å²) >= 11 is 3.44. The molecule has 6 nitrogen and oxygen atoms in total. The van der Waals surface area contributed by atoms with E-state index >= 15 is 0 Å². The van der Waals surface area contributed by atoms with Crippen molar-refractivity contribution >= 4 is 39.6 Å². The largest absolute Gasteiger partial charge is 0.329 e. The summed E-state index contributed by atoms with van der Waals surface area (Å²) in [6, 6.07) is 18.7. The summed E-state index contributed by atoms with van der Waals surface area (Å²) in [6.45, 7) is 3.97. The van der Waals surface area contributed by atoms with Gasteiger partial charge in [-0.1, -0.05) is 34.1 Å². The summed E-state index contributed by atoms with van der Waals surface area (Å²) in [4.78, 5) is 23.8. The predicted octanol–water partition coefficient (Wildman–Crippen LogP) is 3.95. The molecular formula is C21H19BrN4O2. The Labute approximate surface area is 171 Å². The number of nitrogens with zero attached hydrogens (tertiary/aromatic N) is 2. The molecule has 2 N–H and O–H groups in total. The second-order valence-corrected chi connectivity index (χ2v) is 7.07. The molecule has 3 rings (SSSR count). The van der Waals surface area contributed by atoms with E-state index in [4.69, 9.17) is 0 Å². The lowest BCUT2D eigenvalue weighted by atomic mass is 10.2. The van der Waals surface area contributed by atoms with Gasteiger partial charge in [0, 0.05) is 32.8 Å². The molecule has 2 aromatic carbocycles. The first-order chi connectivity index (χ1) is 13.5. The first kappa shape index (κ1) is 19.6. The number of benzene rings is 2. The molecule has 0 bridgehead atoms. The smallest absolute Gasteiger partial charge is 0.318 e. The fraction of sp³-hybridized carbons (Fsp3) is 0.0952. The van der Waals surface area contributed by atoms with E-state index in [1.165, 1.54) is 6.21 Å². The summed E-state index contributed by atoms with van der Waals surface area (Å²) in [7, 11) is 0. The van der Waals surface area contributed by atoms with Crippen molar-refractivity contribution in [2.24, 2.45) is 5.10 Å². The summed E-state index contributed by atoms with van der Waals surface area (Å²) < 4.78 is 3.11. The van der Waals surface area contributed by atoms with Crippen LogP contribution in [0.15, 0.2) is 70.2 Å². The van der Waals surface area contributed by atoms with E-state index in [1.807, 2.05) is 50.2 Å². The van der Waals surface area contributed by atoms with Gasteiger partial charge in [0.25, 0.3) is 0 Å². The molecule has 0 unspecified atom stereocenters. The lowest BCUT2D eigenvalue weighted by Crippen LogP contribution is -2.32. The Morgan fingerprint density at radius 2 is 1.68 bits per heavy atom. The molecule has 0 radical (unpaired) electrons. The maximum absolute atomic E-state index is 11.9. The van der Waals surface area contributed by atoms with Gasteiger partial charge in [-0.3, -0.25) is 9.59 Å². The van der Waals surface area contributed by atoms with Gasteiger partial charge >= 0.3 is 11.8 Å². The number of nitrogens with one attached hydrogen (secondary N) is 2. The average molecular weight is 439 g/mol. The van der Waals surface area contributed by atoms with Crippen LogP contribution in [0.1, 0.15) is 17.0 Å². The van der Waals surface area contributed by atoms with Crippen molar-refractivity contribution in [3.05, 3.63) is 82.1 Å². The zero-order chi connectivity index (χ0) is 20.1. The van der Waals surface area contributed by atoms with E-state index in [0.717, 1.165) is 27.1 Å². The zero-order valence-electron chi connectivity index (χ0n) is 15.4. The van der Waals surface area contributed by atoms with Crippen LogP contribution in [-0.4, -0.2) is 22.6 Å². The first-order valence-corrected chi connectivity index (χ1v) is 9.39. The van der Waals surface area contributed by atoms with Crippen molar-refractivity contribution < 1.29 is 9.59 Å². The van der Waals surface area contributed by atoms with Crippen LogP contribution < -0.4 is 10.7 Å². The standard InChI is InChI=1S/C21H19BrN4O2/c1-14-12-16(15(2)26(14)19-10-8-17(22)9-11-19)13-23-25-21(28)20(27)24-18-6-4-3-5-7-18/h3-13H,1-2H3,(H,24,27)(H,25,28)/b23-13-. The Bertz CT molecular complexity index is 1020.